The standard InChI is InChI=1S/C13H19NO3S/c1-3-17-13-7-5-4-6-11(13)12-9-18(15,16)10(2)8-14-12/h4-7,10,12,14H,3,8-9H2,1-2H3. The van der Waals surface area contributed by atoms with Gasteiger partial charge in [-0.2, -0.15) is 0 Å². The molecule has 1 saturated heterocycles. The number of sulfone groups is 1. The Morgan fingerprint density at radius 2 is 2.11 bits per heavy atom. The first-order valence-electron chi connectivity index (χ1n) is 6.21. The summed E-state index contributed by atoms with van der Waals surface area (Å²) < 4.78 is 29.5. The van der Waals surface area contributed by atoms with Crippen molar-refractivity contribution in [3.8, 4) is 5.75 Å². The Morgan fingerprint density at radius 3 is 2.78 bits per heavy atom. The number of para-hydroxylation sites is 1. The molecule has 1 aliphatic heterocycles. The summed E-state index contributed by atoms with van der Waals surface area (Å²) >= 11 is 0. The molecule has 2 unspecified atom stereocenters. The third kappa shape index (κ3) is 2.67. The van der Waals surface area contributed by atoms with Crippen molar-refractivity contribution in [1.29, 1.82) is 0 Å². The smallest absolute Gasteiger partial charge is 0.156 e. The van der Waals surface area contributed by atoms with Gasteiger partial charge in [-0.1, -0.05) is 18.2 Å². The first kappa shape index (κ1) is 13.4. The molecule has 18 heavy (non-hydrogen) atoms. The van der Waals surface area contributed by atoms with Crippen LogP contribution in [-0.4, -0.2) is 32.6 Å². The van der Waals surface area contributed by atoms with Crippen LogP contribution < -0.4 is 10.1 Å². The van der Waals surface area contributed by atoms with E-state index in [1.807, 2.05) is 31.2 Å². The highest BCUT2D eigenvalue weighted by molar-refractivity contribution is 7.92. The fourth-order valence-corrected chi connectivity index (χ4v) is 3.59. The summed E-state index contributed by atoms with van der Waals surface area (Å²) in [7, 11) is -3.01. The van der Waals surface area contributed by atoms with Crippen molar-refractivity contribution in [3.63, 3.8) is 0 Å². The van der Waals surface area contributed by atoms with Gasteiger partial charge >= 0.3 is 0 Å². The van der Waals surface area contributed by atoms with Crippen molar-refractivity contribution in [3.05, 3.63) is 29.8 Å². The Kier molecular flexibility index (Phi) is 3.92. The average molecular weight is 269 g/mol. The van der Waals surface area contributed by atoms with Crippen molar-refractivity contribution in [1.82, 2.24) is 5.32 Å². The fraction of sp³-hybridized carbons (Fsp3) is 0.538. The van der Waals surface area contributed by atoms with E-state index >= 15 is 0 Å². The van der Waals surface area contributed by atoms with Gasteiger partial charge in [0.2, 0.25) is 0 Å². The first-order valence-corrected chi connectivity index (χ1v) is 7.93. The highest BCUT2D eigenvalue weighted by Gasteiger charge is 2.32. The molecule has 0 radical (unpaired) electrons. The lowest BCUT2D eigenvalue weighted by atomic mass is 10.1. The molecule has 2 rings (SSSR count). The predicted molar refractivity (Wildman–Crippen MR) is 71.6 cm³/mol. The van der Waals surface area contributed by atoms with Crippen LogP contribution in [0.2, 0.25) is 0 Å². The summed E-state index contributed by atoms with van der Waals surface area (Å²) in [6.07, 6.45) is 0. The van der Waals surface area contributed by atoms with E-state index in [0.717, 1.165) is 11.3 Å². The maximum absolute atomic E-state index is 12.0. The second-order valence-electron chi connectivity index (χ2n) is 4.57. The molecule has 2 atom stereocenters. The van der Waals surface area contributed by atoms with Gasteiger partial charge in [-0.05, 0) is 19.9 Å². The SMILES string of the molecule is CCOc1ccccc1C1CS(=O)(=O)C(C)CN1. The summed E-state index contributed by atoms with van der Waals surface area (Å²) in [6, 6.07) is 7.44. The van der Waals surface area contributed by atoms with Gasteiger partial charge in [-0.25, -0.2) is 8.42 Å². The van der Waals surface area contributed by atoms with Crippen LogP contribution in [0.15, 0.2) is 24.3 Å². The zero-order valence-corrected chi connectivity index (χ0v) is 11.5. The highest BCUT2D eigenvalue weighted by Crippen LogP contribution is 2.29. The van der Waals surface area contributed by atoms with Gasteiger partial charge in [0.25, 0.3) is 0 Å². The third-order valence-corrected chi connectivity index (χ3v) is 5.45. The minimum Gasteiger partial charge on any atom is -0.494 e. The van der Waals surface area contributed by atoms with Crippen molar-refractivity contribution in [2.24, 2.45) is 0 Å². The van der Waals surface area contributed by atoms with E-state index in [0.29, 0.717) is 13.2 Å². The molecule has 100 valence electrons. The quantitative estimate of drug-likeness (QED) is 0.904. The largest absolute Gasteiger partial charge is 0.494 e. The molecule has 1 N–H and O–H groups in total. The van der Waals surface area contributed by atoms with Gasteiger partial charge in [-0.15, -0.1) is 0 Å². The molecule has 1 aromatic rings. The molecule has 0 amide bonds. The highest BCUT2D eigenvalue weighted by atomic mass is 32.2. The van der Waals surface area contributed by atoms with Crippen LogP contribution in [-0.2, 0) is 9.84 Å². The van der Waals surface area contributed by atoms with Crippen molar-refractivity contribution in [2.75, 3.05) is 18.9 Å². The van der Waals surface area contributed by atoms with Gasteiger partial charge in [0.15, 0.2) is 9.84 Å². The number of benzene rings is 1. The summed E-state index contributed by atoms with van der Waals surface area (Å²) in [6.45, 7) is 4.73. The Labute approximate surface area is 108 Å². The molecule has 1 aromatic carbocycles. The van der Waals surface area contributed by atoms with Crippen LogP contribution in [0, 0.1) is 0 Å². The fourth-order valence-electron chi connectivity index (χ4n) is 2.15. The summed E-state index contributed by atoms with van der Waals surface area (Å²) in [5.41, 5.74) is 0.926. The maximum Gasteiger partial charge on any atom is 0.156 e. The van der Waals surface area contributed by atoms with Crippen molar-refractivity contribution >= 4 is 9.84 Å². The van der Waals surface area contributed by atoms with Crippen LogP contribution in [0.25, 0.3) is 0 Å². The lowest BCUT2D eigenvalue weighted by molar-refractivity contribution is 0.332. The Balaban J connectivity index is 2.27. The van der Waals surface area contributed by atoms with Gasteiger partial charge in [0.1, 0.15) is 5.75 Å². The van der Waals surface area contributed by atoms with Crippen molar-refractivity contribution < 1.29 is 13.2 Å². The predicted octanol–water partition coefficient (Wildman–Crippen LogP) is 1.53. The molecule has 0 spiro atoms. The van der Waals surface area contributed by atoms with Crippen LogP contribution in [0.4, 0.5) is 0 Å². The van der Waals surface area contributed by atoms with Crippen LogP contribution in [0.3, 0.4) is 0 Å². The molecule has 0 saturated carbocycles. The second-order valence-corrected chi connectivity index (χ2v) is 7.04. The van der Waals surface area contributed by atoms with E-state index in [2.05, 4.69) is 5.32 Å². The topological polar surface area (TPSA) is 55.4 Å². The molecular formula is C13H19NO3S. The molecule has 1 aliphatic rings. The molecule has 5 heteroatoms. The van der Waals surface area contributed by atoms with E-state index in [-0.39, 0.29) is 17.0 Å². The van der Waals surface area contributed by atoms with Gasteiger partial charge in [0.05, 0.1) is 17.6 Å². The number of hydrogen-bond donors (Lipinski definition) is 1. The van der Waals surface area contributed by atoms with Crippen LogP contribution in [0.5, 0.6) is 5.75 Å². The van der Waals surface area contributed by atoms with Crippen LogP contribution in [0.1, 0.15) is 25.5 Å². The molecule has 0 bridgehead atoms. The molecular weight excluding hydrogens is 250 g/mol. The van der Waals surface area contributed by atoms with E-state index in [9.17, 15) is 8.42 Å². The van der Waals surface area contributed by atoms with Gasteiger partial charge < -0.3 is 10.1 Å². The van der Waals surface area contributed by atoms with E-state index < -0.39 is 9.84 Å². The molecule has 0 aromatic heterocycles. The second kappa shape index (κ2) is 5.28. The lowest BCUT2D eigenvalue weighted by Crippen LogP contribution is -2.44. The number of ether oxygens (including phenoxy) is 1. The van der Waals surface area contributed by atoms with Gasteiger partial charge in [-0.3, -0.25) is 0 Å². The summed E-state index contributed by atoms with van der Waals surface area (Å²) in [5.74, 6) is 0.903. The summed E-state index contributed by atoms with van der Waals surface area (Å²) in [4.78, 5) is 0. The average Bonchev–Trinajstić information content (AvgIpc) is 2.34. The Hall–Kier alpha value is -1.07. The zero-order valence-electron chi connectivity index (χ0n) is 10.7. The van der Waals surface area contributed by atoms with E-state index in [1.165, 1.54) is 0 Å². The summed E-state index contributed by atoms with van der Waals surface area (Å²) in [5, 5.41) is 2.97. The minimum absolute atomic E-state index is 0.137. The lowest BCUT2D eigenvalue weighted by Gasteiger charge is -2.29. The minimum atomic E-state index is -3.01. The van der Waals surface area contributed by atoms with Crippen molar-refractivity contribution in [2.45, 2.75) is 25.1 Å². The molecule has 1 fully saturated rings. The zero-order chi connectivity index (χ0) is 13.2. The maximum atomic E-state index is 12.0. The Bertz CT molecular complexity index is 513. The normalized spacial score (nSPS) is 26.8. The van der Waals surface area contributed by atoms with E-state index in [1.54, 1.807) is 6.92 Å². The number of hydrogen-bond acceptors (Lipinski definition) is 4. The van der Waals surface area contributed by atoms with Gasteiger partial charge in [0, 0.05) is 18.2 Å². The number of nitrogens with one attached hydrogen (secondary N) is 1. The molecule has 0 aliphatic carbocycles. The monoisotopic (exact) mass is 269 g/mol. The Morgan fingerprint density at radius 1 is 1.39 bits per heavy atom. The number of rotatable bonds is 3. The third-order valence-electron chi connectivity index (χ3n) is 3.26. The first-order chi connectivity index (χ1) is 8.54. The molecule has 1 heterocycles. The van der Waals surface area contributed by atoms with E-state index in [4.69, 9.17) is 4.74 Å². The molecule has 4 nitrogen and oxygen atoms in total. The van der Waals surface area contributed by atoms with Crippen LogP contribution >= 0.6 is 0 Å².